The second-order valence-electron chi connectivity index (χ2n) is 4.62. The van der Waals surface area contributed by atoms with E-state index >= 15 is 0 Å². The molecule has 0 saturated heterocycles. The van der Waals surface area contributed by atoms with E-state index in [4.69, 9.17) is 11.6 Å². The summed E-state index contributed by atoms with van der Waals surface area (Å²) in [7, 11) is -3.65. The van der Waals surface area contributed by atoms with Crippen molar-refractivity contribution in [2.75, 3.05) is 10.8 Å². The Bertz CT molecular complexity index is 739. The van der Waals surface area contributed by atoms with Gasteiger partial charge < -0.3 is 0 Å². The fourth-order valence-corrected chi connectivity index (χ4v) is 3.54. The van der Waals surface area contributed by atoms with Crippen molar-refractivity contribution >= 4 is 27.3 Å². The topological polar surface area (TPSA) is 37.4 Å². The molecule has 21 heavy (non-hydrogen) atoms. The van der Waals surface area contributed by atoms with E-state index in [1.807, 2.05) is 6.92 Å². The third-order valence-corrected chi connectivity index (χ3v) is 5.04. The van der Waals surface area contributed by atoms with E-state index in [0.717, 1.165) is 5.56 Å². The molecule has 0 saturated carbocycles. The number of anilines is 1. The molecular weight excluding hydrogens is 306 g/mol. The van der Waals surface area contributed by atoms with Gasteiger partial charge in [-0.3, -0.25) is 4.31 Å². The zero-order valence-electron chi connectivity index (χ0n) is 11.7. The predicted octanol–water partition coefficient (Wildman–Crippen LogP) is 4.03. The smallest absolute Gasteiger partial charge is 0.262 e. The van der Waals surface area contributed by atoms with Crippen molar-refractivity contribution in [2.24, 2.45) is 0 Å². The zero-order chi connectivity index (χ0) is 15.5. The van der Waals surface area contributed by atoms with Crippen molar-refractivity contribution in [1.82, 2.24) is 0 Å². The molecule has 0 spiro atoms. The van der Waals surface area contributed by atoms with Gasteiger partial charge in [-0.15, -0.1) is 6.58 Å². The maximum absolute atomic E-state index is 12.8. The van der Waals surface area contributed by atoms with Crippen molar-refractivity contribution in [2.45, 2.75) is 11.8 Å². The van der Waals surface area contributed by atoms with E-state index in [2.05, 4.69) is 6.58 Å². The Hall–Kier alpha value is -1.78. The summed E-state index contributed by atoms with van der Waals surface area (Å²) in [5.74, 6) is 0. The van der Waals surface area contributed by atoms with Gasteiger partial charge in [0.25, 0.3) is 10.0 Å². The Labute approximate surface area is 130 Å². The van der Waals surface area contributed by atoms with Gasteiger partial charge in [0.2, 0.25) is 0 Å². The molecule has 110 valence electrons. The van der Waals surface area contributed by atoms with Gasteiger partial charge in [-0.1, -0.05) is 41.4 Å². The summed E-state index contributed by atoms with van der Waals surface area (Å²) in [6.45, 7) is 5.72. The minimum absolute atomic E-state index is 0.177. The first-order valence-electron chi connectivity index (χ1n) is 6.41. The van der Waals surface area contributed by atoms with Gasteiger partial charge in [-0.05, 0) is 37.3 Å². The van der Waals surface area contributed by atoms with Gasteiger partial charge in [0.1, 0.15) is 0 Å². The Morgan fingerprint density at radius 1 is 1.19 bits per heavy atom. The van der Waals surface area contributed by atoms with Gasteiger partial charge >= 0.3 is 0 Å². The van der Waals surface area contributed by atoms with Gasteiger partial charge in [0.15, 0.2) is 0 Å². The first kappa shape index (κ1) is 15.6. The fourth-order valence-electron chi connectivity index (χ4n) is 1.93. The van der Waals surface area contributed by atoms with Gasteiger partial charge in [0.05, 0.1) is 17.1 Å². The summed E-state index contributed by atoms with van der Waals surface area (Å²) < 4.78 is 26.8. The highest BCUT2D eigenvalue weighted by molar-refractivity contribution is 7.92. The molecule has 2 rings (SSSR count). The second kappa shape index (κ2) is 6.33. The van der Waals surface area contributed by atoms with Crippen LogP contribution in [0, 0.1) is 6.92 Å². The van der Waals surface area contributed by atoms with Gasteiger partial charge in [-0.25, -0.2) is 8.42 Å². The molecule has 0 heterocycles. The summed E-state index contributed by atoms with van der Waals surface area (Å²) in [4.78, 5) is 0.245. The number of benzene rings is 2. The van der Waals surface area contributed by atoms with E-state index in [0.29, 0.717) is 10.7 Å². The molecular formula is C16H16ClNO2S. The number of hydrogen-bond donors (Lipinski definition) is 0. The van der Waals surface area contributed by atoms with Crippen LogP contribution >= 0.6 is 11.6 Å². The molecule has 3 nitrogen and oxygen atoms in total. The maximum Gasteiger partial charge on any atom is 0.264 e. The van der Waals surface area contributed by atoms with Crippen LogP contribution in [0.3, 0.4) is 0 Å². The molecule has 0 aromatic heterocycles. The van der Waals surface area contributed by atoms with Crippen LogP contribution in [-0.4, -0.2) is 15.0 Å². The summed E-state index contributed by atoms with van der Waals surface area (Å²) in [6.07, 6.45) is 1.55. The molecule has 0 aliphatic rings. The lowest BCUT2D eigenvalue weighted by atomic mass is 10.2. The number of rotatable bonds is 5. The molecule has 0 aliphatic heterocycles. The highest BCUT2D eigenvalue weighted by Crippen LogP contribution is 2.26. The minimum Gasteiger partial charge on any atom is -0.262 e. The van der Waals surface area contributed by atoms with Crippen LogP contribution in [-0.2, 0) is 10.0 Å². The minimum atomic E-state index is -3.65. The number of sulfonamides is 1. The monoisotopic (exact) mass is 321 g/mol. The molecule has 0 atom stereocenters. The number of halogens is 1. The molecule has 2 aromatic rings. The molecule has 0 bridgehead atoms. The van der Waals surface area contributed by atoms with Crippen LogP contribution in [0.25, 0.3) is 0 Å². The predicted molar refractivity (Wildman–Crippen MR) is 87.4 cm³/mol. The van der Waals surface area contributed by atoms with E-state index in [1.165, 1.54) is 4.31 Å². The van der Waals surface area contributed by atoms with Crippen molar-refractivity contribution < 1.29 is 8.42 Å². The highest BCUT2D eigenvalue weighted by atomic mass is 35.5. The maximum atomic E-state index is 12.8. The Morgan fingerprint density at radius 3 is 2.43 bits per heavy atom. The highest BCUT2D eigenvalue weighted by Gasteiger charge is 2.23. The number of aryl methyl sites for hydroxylation is 1. The van der Waals surface area contributed by atoms with Crippen molar-refractivity contribution in [3.63, 3.8) is 0 Å². The van der Waals surface area contributed by atoms with Crippen LogP contribution < -0.4 is 4.31 Å². The largest absolute Gasteiger partial charge is 0.264 e. The normalized spacial score (nSPS) is 11.1. The third kappa shape index (κ3) is 3.46. The summed E-state index contributed by atoms with van der Waals surface area (Å²) in [5, 5.41) is 0.487. The molecule has 2 aromatic carbocycles. The average Bonchev–Trinajstić information content (AvgIpc) is 2.45. The van der Waals surface area contributed by atoms with Crippen LogP contribution in [0.5, 0.6) is 0 Å². The molecule has 0 radical (unpaired) electrons. The summed E-state index contributed by atoms with van der Waals surface area (Å²) in [6, 6.07) is 13.5. The number of hydrogen-bond acceptors (Lipinski definition) is 2. The van der Waals surface area contributed by atoms with Crippen LogP contribution in [0.1, 0.15) is 5.56 Å². The van der Waals surface area contributed by atoms with E-state index in [9.17, 15) is 8.42 Å². The van der Waals surface area contributed by atoms with Crippen molar-refractivity contribution in [3.05, 3.63) is 71.8 Å². The molecule has 5 heteroatoms. The molecule has 0 amide bonds. The molecule has 0 N–H and O–H groups in total. The SMILES string of the molecule is C=CCN(c1cccc(Cl)c1)S(=O)(=O)c1ccc(C)cc1. The lowest BCUT2D eigenvalue weighted by Crippen LogP contribution is -2.31. The third-order valence-electron chi connectivity index (χ3n) is 3.00. The molecule has 0 unspecified atom stereocenters. The Morgan fingerprint density at radius 2 is 1.86 bits per heavy atom. The van der Waals surface area contributed by atoms with E-state index in [1.54, 1.807) is 54.6 Å². The fraction of sp³-hybridized carbons (Fsp3) is 0.125. The summed E-state index contributed by atoms with van der Waals surface area (Å²) in [5.41, 5.74) is 1.52. The van der Waals surface area contributed by atoms with Gasteiger partial charge in [-0.2, -0.15) is 0 Å². The Balaban J connectivity index is 2.50. The van der Waals surface area contributed by atoms with Crippen LogP contribution in [0.2, 0.25) is 5.02 Å². The average molecular weight is 322 g/mol. The van der Waals surface area contributed by atoms with Crippen LogP contribution in [0.4, 0.5) is 5.69 Å². The molecule has 0 fully saturated rings. The standard InChI is InChI=1S/C16H16ClNO2S/c1-3-11-18(15-6-4-5-14(17)12-15)21(19,20)16-9-7-13(2)8-10-16/h3-10,12H,1,11H2,2H3. The molecule has 0 aliphatic carbocycles. The lowest BCUT2D eigenvalue weighted by Gasteiger charge is -2.23. The second-order valence-corrected chi connectivity index (χ2v) is 6.92. The Kier molecular flexibility index (Phi) is 4.70. The van der Waals surface area contributed by atoms with Gasteiger partial charge in [0, 0.05) is 5.02 Å². The van der Waals surface area contributed by atoms with Crippen molar-refractivity contribution in [3.8, 4) is 0 Å². The summed E-state index contributed by atoms with van der Waals surface area (Å²) >= 11 is 5.96. The zero-order valence-corrected chi connectivity index (χ0v) is 13.2. The van der Waals surface area contributed by atoms with Crippen LogP contribution in [0.15, 0.2) is 66.1 Å². The van der Waals surface area contributed by atoms with E-state index < -0.39 is 10.0 Å². The van der Waals surface area contributed by atoms with Crippen molar-refractivity contribution in [1.29, 1.82) is 0 Å². The first-order valence-corrected chi connectivity index (χ1v) is 8.23. The quantitative estimate of drug-likeness (QED) is 0.780. The first-order chi connectivity index (χ1) is 9.95. The number of nitrogens with zero attached hydrogens (tertiary/aromatic N) is 1. The lowest BCUT2D eigenvalue weighted by molar-refractivity contribution is 0.593. The van der Waals surface area contributed by atoms with E-state index in [-0.39, 0.29) is 11.4 Å².